The second-order valence-electron chi connectivity index (χ2n) is 6.30. The van der Waals surface area contributed by atoms with Gasteiger partial charge in [0, 0.05) is 51.1 Å². The molecular formula is C16H25N3O3. The number of carboxylic acids is 1. The van der Waals surface area contributed by atoms with Crippen LogP contribution in [0, 0.1) is 17.8 Å². The Morgan fingerprint density at radius 3 is 2.59 bits per heavy atom. The molecule has 6 heteroatoms. The Kier molecular flexibility index (Phi) is 5.85. The van der Waals surface area contributed by atoms with Crippen LogP contribution in [0.25, 0.3) is 0 Å². The lowest BCUT2D eigenvalue weighted by Crippen LogP contribution is -2.25. The van der Waals surface area contributed by atoms with Crippen molar-refractivity contribution in [3.8, 4) is 0 Å². The maximum absolute atomic E-state index is 11.4. The monoisotopic (exact) mass is 307 g/mol. The van der Waals surface area contributed by atoms with Gasteiger partial charge in [-0.1, -0.05) is 13.8 Å². The zero-order chi connectivity index (χ0) is 16.1. The minimum atomic E-state index is -0.688. The first-order valence-corrected chi connectivity index (χ1v) is 7.75. The van der Waals surface area contributed by atoms with E-state index >= 15 is 0 Å². The highest BCUT2D eigenvalue weighted by Crippen LogP contribution is 2.30. The Morgan fingerprint density at radius 1 is 1.41 bits per heavy atom. The van der Waals surface area contributed by atoms with Gasteiger partial charge in [-0.25, -0.2) is 9.97 Å². The number of rotatable bonds is 7. The summed E-state index contributed by atoms with van der Waals surface area (Å²) in [4.78, 5) is 22.3. The Balaban J connectivity index is 1.95. The minimum absolute atomic E-state index is 0.208. The molecule has 2 heterocycles. The van der Waals surface area contributed by atoms with Gasteiger partial charge >= 0.3 is 5.97 Å². The molecule has 122 valence electrons. The Labute approximate surface area is 131 Å². The molecule has 22 heavy (non-hydrogen) atoms. The van der Waals surface area contributed by atoms with E-state index in [4.69, 9.17) is 4.74 Å². The average Bonchev–Trinajstić information content (AvgIpc) is 2.91. The maximum Gasteiger partial charge on any atom is 0.308 e. The van der Waals surface area contributed by atoms with Crippen LogP contribution < -0.4 is 0 Å². The first kappa shape index (κ1) is 16.8. The molecule has 1 aliphatic heterocycles. The summed E-state index contributed by atoms with van der Waals surface area (Å²) in [6.45, 7) is 6.93. The fourth-order valence-electron chi connectivity index (χ4n) is 3.02. The van der Waals surface area contributed by atoms with Crippen LogP contribution in [0.15, 0.2) is 12.4 Å². The number of hydrogen-bond acceptors (Lipinski definition) is 5. The smallest absolute Gasteiger partial charge is 0.308 e. The van der Waals surface area contributed by atoms with Gasteiger partial charge in [-0.05, 0) is 11.8 Å². The van der Waals surface area contributed by atoms with Crippen molar-refractivity contribution < 1.29 is 14.6 Å². The van der Waals surface area contributed by atoms with E-state index in [2.05, 4.69) is 28.7 Å². The third kappa shape index (κ3) is 4.24. The molecule has 0 unspecified atom stereocenters. The second kappa shape index (κ2) is 7.65. The molecule has 2 atom stereocenters. The van der Waals surface area contributed by atoms with Crippen LogP contribution in [-0.2, 0) is 22.5 Å². The quantitative estimate of drug-likeness (QED) is 0.822. The van der Waals surface area contributed by atoms with Crippen LogP contribution in [0.3, 0.4) is 0 Å². The molecule has 1 aromatic rings. The normalized spacial score (nSPS) is 22.4. The molecule has 0 saturated carbocycles. The molecule has 0 radical (unpaired) electrons. The molecule has 2 rings (SSSR count). The van der Waals surface area contributed by atoms with E-state index in [0.29, 0.717) is 32.0 Å². The number of hydrogen-bond donors (Lipinski definition) is 1. The number of nitrogens with zero attached hydrogens (tertiary/aromatic N) is 3. The molecule has 1 aliphatic rings. The highest BCUT2D eigenvalue weighted by molar-refractivity contribution is 5.71. The summed E-state index contributed by atoms with van der Waals surface area (Å²) in [6.07, 6.45) is 4.37. The first-order chi connectivity index (χ1) is 10.5. The number of aliphatic carboxylic acids is 1. The molecular weight excluding hydrogens is 282 g/mol. The summed E-state index contributed by atoms with van der Waals surface area (Å²) in [6, 6.07) is 0. The topological polar surface area (TPSA) is 75.5 Å². The standard InChI is InChI=1S/C16H25N3O3/c1-11(2)13-9-19(10-14(13)16(20)21)8-12-6-17-15(18-7-12)4-5-22-3/h6-7,11,13-14H,4-5,8-10H2,1-3H3,(H,20,21)/t13-,14+/m0/s1. The number of ether oxygens (including phenoxy) is 1. The summed E-state index contributed by atoms with van der Waals surface area (Å²) in [5.74, 6) is 0.392. The lowest BCUT2D eigenvalue weighted by Gasteiger charge is -2.18. The number of aromatic nitrogens is 2. The minimum Gasteiger partial charge on any atom is -0.481 e. The fraction of sp³-hybridized carbons (Fsp3) is 0.688. The van der Waals surface area contributed by atoms with E-state index in [1.807, 2.05) is 12.4 Å². The van der Waals surface area contributed by atoms with Crippen molar-refractivity contribution in [2.75, 3.05) is 26.8 Å². The van der Waals surface area contributed by atoms with Crippen molar-refractivity contribution in [1.29, 1.82) is 0 Å². The van der Waals surface area contributed by atoms with Crippen molar-refractivity contribution in [1.82, 2.24) is 14.9 Å². The van der Waals surface area contributed by atoms with E-state index < -0.39 is 5.97 Å². The second-order valence-corrected chi connectivity index (χ2v) is 6.30. The Morgan fingerprint density at radius 2 is 2.09 bits per heavy atom. The number of methoxy groups -OCH3 is 1. The lowest BCUT2D eigenvalue weighted by atomic mass is 9.86. The van der Waals surface area contributed by atoms with Crippen LogP contribution in [0.4, 0.5) is 0 Å². The van der Waals surface area contributed by atoms with E-state index in [-0.39, 0.29) is 11.8 Å². The number of likely N-dealkylation sites (tertiary alicyclic amines) is 1. The lowest BCUT2D eigenvalue weighted by molar-refractivity contribution is -0.143. The van der Waals surface area contributed by atoms with Crippen molar-refractivity contribution in [2.45, 2.75) is 26.8 Å². The van der Waals surface area contributed by atoms with Crippen molar-refractivity contribution in [3.63, 3.8) is 0 Å². The van der Waals surface area contributed by atoms with E-state index in [0.717, 1.165) is 17.9 Å². The van der Waals surface area contributed by atoms with Gasteiger partial charge in [0.1, 0.15) is 5.82 Å². The van der Waals surface area contributed by atoms with E-state index in [1.165, 1.54) is 0 Å². The van der Waals surface area contributed by atoms with Crippen molar-refractivity contribution in [3.05, 3.63) is 23.8 Å². The fourth-order valence-corrected chi connectivity index (χ4v) is 3.02. The van der Waals surface area contributed by atoms with Gasteiger partial charge in [0.2, 0.25) is 0 Å². The van der Waals surface area contributed by atoms with Crippen LogP contribution in [0.2, 0.25) is 0 Å². The number of carboxylic acid groups (broad SMARTS) is 1. The third-order valence-corrected chi connectivity index (χ3v) is 4.31. The van der Waals surface area contributed by atoms with Crippen LogP contribution in [0.1, 0.15) is 25.2 Å². The van der Waals surface area contributed by atoms with E-state index in [1.54, 1.807) is 7.11 Å². The summed E-state index contributed by atoms with van der Waals surface area (Å²) < 4.78 is 5.01. The molecule has 0 aliphatic carbocycles. The maximum atomic E-state index is 11.4. The van der Waals surface area contributed by atoms with Gasteiger partial charge in [0.15, 0.2) is 0 Å². The third-order valence-electron chi connectivity index (χ3n) is 4.31. The van der Waals surface area contributed by atoms with Crippen LogP contribution in [-0.4, -0.2) is 52.7 Å². The molecule has 1 fully saturated rings. The predicted octanol–water partition coefficient (Wildman–Crippen LogP) is 1.45. The first-order valence-electron chi connectivity index (χ1n) is 7.75. The van der Waals surface area contributed by atoms with Gasteiger partial charge in [-0.15, -0.1) is 0 Å². The molecule has 1 N–H and O–H groups in total. The van der Waals surface area contributed by atoms with Gasteiger partial charge in [0.25, 0.3) is 0 Å². The van der Waals surface area contributed by atoms with Crippen LogP contribution in [0.5, 0.6) is 0 Å². The molecule has 1 saturated heterocycles. The van der Waals surface area contributed by atoms with Gasteiger partial charge in [-0.3, -0.25) is 9.69 Å². The molecule has 0 spiro atoms. The Bertz CT molecular complexity index is 490. The predicted molar refractivity (Wildman–Crippen MR) is 82.3 cm³/mol. The SMILES string of the molecule is COCCc1ncc(CN2C[C@@H](C(=O)O)[C@H](C(C)C)C2)cn1. The van der Waals surface area contributed by atoms with Gasteiger partial charge < -0.3 is 9.84 Å². The molecule has 0 bridgehead atoms. The molecule has 0 amide bonds. The summed E-state index contributed by atoms with van der Waals surface area (Å²) >= 11 is 0. The van der Waals surface area contributed by atoms with Crippen LogP contribution >= 0.6 is 0 Å². The Hall–Kier alpha value is -1.53. The molecule has 1 aromatic heterocycles. The van der Waals surface area contributed by atoms with Gasteiger partial charge in [-0.2, -0.15) is 0 Å². The summed E-state index contributed by atoms with van der Waals surface area (Å²) in [5.41, 5.74) is 1.02. The molecule has 6 nitrogen and oxygen atoms in total. The summed E-state index contributed by atoms with van der Waals surface area (Å²) in [5, 5.41) is 9.37. The van der Waals surface area contributed by atoms with Crippen molar-refractivity contribution in [2.24, 2.45) is 17.8 Å². The zero-order valence-corrected chi connectivity index (χ0v) is 13.5. The summed E-state index contributed by atoms with van der Waals surface area (Å²) in [7, 11) is 1.66. The highest BCUT2D eigenvalue weighted by atomic mass is 16.5. The largest absolute Gasteiger partial charge is 0.481 e. The highest BCUT2D eigenvalue weighted by Gasteiger charge is 2.38. The van der Waals surface area contributed by atoms with Crippen molar-refractivity contribution >= 4 is 5.97 Å². The average molecular weight is 307 g/mol. The van der Waals surface area contributed by atoms with E-state index in [9.17, 15) is 9.90 Å². The zero-order valence-electron chi connectivity index (χ0n) is 13.5. The van der Waals surface area contributed by atoms with Gasteiger partial charge in [0.05, 0.1) is 12.5 Å². The number of carbonyl (C=O) groups is 1. The molecule has 0 aromatic carbocycles.